The lowest BCUT2D eigenvalue weighted by molar-refractivity contribution is -0.870. The number of allylic oxidation sites excluding steroid dienone is 23. The number of aliphatic hydroxyl groups excluding tert-OH is 1. The third kappa shape index (κ3) is 46.4. The van der Waals surface area contributed by atoms with E-state index in [4.69, 9.17) is 9.05 Å². The van der Waals surface area contributed by atoms with Crippen LogP contribution >= 0.6 is 7.82 Å². The van der Waals surface area contributed by atoms with E-state index < -0.39 is 26.6 Å². The largest absolute Gasteiger partial charge is 0.756 e. The van der Waals surface area contributed by atoms with Gasteiger partial charge in [0.25, 0.3) is 7.82 Å². The lowest BCUT2D eigenvalue weighted by Crippen LogP contribution is -2.45. The van der Waals surface area contributed by atoms with Crippen LogP contribution in [0.1, 0.15) is 142 Å². The summed E-state index contributed by atoms with van der Waals surface area (Å²) >= 11 is 0. The summed E-state index contributed by atoms with van der Waals surface area (Å²) in [7, 11) is 1.19. The van der Waals surface area contributed by atoms with Crippen molar-refractivity contribution in [1.82, 2.24) is 5.32 Å². The number of rotatable bonds is 41. The van der Waals surface area contributed by atoms with Crippen LogP contribution in [0.4, 0.5) is 0 Å². The molecule has 0 radical (unpaired) electrons. The highest BCUT2D eigenvalue weighted by molar-refractivity contribution is 7.45. The Morgan fingerprint density at radius 2 is 0.969 bits per heavy atom. The molecule has 0 aromatic carbocycles. The van der Waals surface area contributed by atoms with Gasteiger partial charge in [-0.1, -0.05) is 179 Å². The number of hydrogen-bond donors (Lipinski definition) is 2. The van der Waals surface area contributed by atoms with Gasteiger partial charge in [0.15, 0.2) is 0 Å². The molecule has 0 aliphatic rings. The maximum atomic E-state index is 12.8. The molecule has 0 rings (SSSR count). The third-order valence-corrected chi connectivity index (χ3v) is 10.5. The minimum absolute atomic E-state index is 0.0211. The first-order valence-electron chi connectivity index (χ1n) is 24.2. The normalized spacial score (nSPS) is 15.4. The van der Waals surface area contributed by atoms with Crippen LogP contribution in [0.5, 0.6) is 0 Å². The molecule has 360 valence electrons. The standard InChI is InChI=1S/C55H89N2O6P/c1-6-8-10-12-14-15-16-17-18-19-20-21-22-23-24-25-26-27-28-29-30-31-32-33-34-35-36-37-38-39-40-41-43-45-47-49-55(59)56-53(54(58)48-46-44-42-13-11-9-7-2)52-63-64(60,61)62-51-50-57(3,4)5/h8,10-11,13-15,17-18,20-21,23-24,26-27,29-30,32-33,35-36,38-39,46,48,53-54,58H,6-7,9,12,16,19,22,25,28,31,34,37,40-45,47,49-52H2,1-5H3,(H-,56,59,60,61)/b10-8-,13-11+,15-14-,18-17-,21-20-,24-23-,27-26-,30-29-,33-32-,36-35-,39-38-,48-46+. The number of nitrogens with zero attached hydrogens (tertiary/aromatic N) is 1. The topological polar surface area (TPSA) is 108 Å². The summed E-state index contributed by atoms with van der Waals surface area (Å²) in [6, 6.07) is -0.925. The van der Waals surface area contributed by atoms with Crippen LogP contribution in [0.15, 0.2) is 146 Å². The van der Waals surface area contributed by atoms with E-state index in [0.717, 1.165) is 116 Å². The van der Waals surface area contributed by atoms with Crippen LogP contribution < -0.4 is 10.2 Å². The average molecular weight is 905 g/mol. The predicted molar refractivity (Wildman–Crippen MR) is 274 cm³/mol. The first-order valence-corrected chi connectivity index (χ1v) is 25.7. The van der Waals surface area contributed by atoms with Crippen molar-refractivity contribution in [2.45, 2.75) is 154 Å². The van der Waals surface area contributed by atoms with Crippen molar-refractivity contribution in [3.63, 3.8) is 0 Å². The molecule has 0 heterocycles. The maximum Gasteiger partial charge on any atom is 0.268 e. The summed E-state index contributed by atoms with van der Waals surface area (Å²) in [4.78, 5) is 25.2. The maximum absolute atomic E-state index is 12.8. The van der Waals surface area contributed by atoms with Crippen molar-refractivity contribution in [2.75, 3.05) is 40.9 Å². The molecule has 0 aliphatic heterocycles. The molecule has 0 saturated carbocycles. The van der Waals surface area contributed by atoms with E-state index in [2.05, 4.69) is 153 Å². The highest BCUT2D eigenvalue weighted by Crippen LogP contribution is 2.38. The lowest BCUT2D eigenvalue weighted by Gasteiger charge is -2.29. The van der Waals surface area contributed by atoms with Crippen LogP contribution in [0, 0.1) is 0 Å². The van der Waals surface area contributed by atoms with Crippen molar-refractivity contribution < 1.29 is 32.9 Å². The highest BCUT2D eigenvalue weighted by Gasteiger charge is 2.23. The van der Waals surface area contributed by atoms with Gasteiger partial charge >= 0.3 is 0 Å². The van der Waals surface area contributed by atoms with Crippen molar-refractivity contribution in [1.29, 1.82) is 0 Å². The summed E-state index contributed by atoms with van der Waals surface area (Å²) in [5.41, 5.74) is 0. The van der Waals surface area contributed by atoms with E-state index in [-0.39, 0.29) is 12.5 Å². The van der Waals surface area contributed by atoms with E-state index in [1.165, 1.54) is 0 Å². The second kappa shape index (κ2) is 44.6. The minimum Gasteiger partial charge on any atom is -0.756 e. The molecule has 0 spiro atoms. The fraction of sp³-hybridized carbons (Fsp3) is 0.545. The van der Waals surface area contributed by atoms with Crippen molar-refractivity contribution in [3.8, 4) is 0 Å². The molecule has 64 heavy (non-hydrogen) atoms. The van der Waals surface area contributed by atoms with E-state index in [1.54, 1.807) is 6.08 Å². The Kier molecular flexibility index (Phi) is 42.1. The van der Waals surface area contributed by atoms with E-state index in [1.807, 2.05) is 27.2 Å². The third-order valence-electron chi connectivity index (χ3n) is 9.51. The second-order valence-electron chi connectivity index (χ2n) is 16.7. The Bertz CT molecular complexity index is 1540. The van der Waals surface area contributed by atoms with Gasteiger partial charge in [0.2, 0.25) is 5.91 Å². The zero-order chi connectivity index (χ0) is 47.1. The molecule has 3 atom stereocenters. The van der Waals surface area contributed by atoms with Crippen LogP contribution in [-0.2, 0) is 18.4 Å². The van der Waals surface area contributed by atoms with E-state index >= 15 is 0 Å². The van der Waals surface area contributed by atoms with Gasteiger partial charge in [-0.15, -0.1) is 0 Å². The number of phosphoric ester groups is 1. The molecule has 2 N–H and O–H groups in total. The van der Waals surface area contributed by atoms with Gasteiger partial charge in [0.1, 0.15) is 13.2 Å². The smallest absolute Gasteiger partial charge is 0.268 e. The summed E-state index contributed by atoms with van der Waals surface area (Å²) in [5.74, 6) is -0.245. The molecule has 0 saturated heterocycles. The second-order valence-corrected chi connectivity index (χ2v) is 18.1. The Labute approximate surface area is 391 Å². The first-order chi connectivity index (χ1) is 31.0. The first kappa shape index (κ1) is 60.4. The van der Waals surface area contributed by atoms with Crippen LogP contribution in [-0.4, -0.2) is 68.5 Å². The number of phosphoric acid groups is 1. The van der Waals surface area contributed by atoms with Crippen LogP contribution in [0.25, 0.3) is 0 Å². The molecule has 0 bridgehead atoms. The minimum atomic E-state index is -4.60. The SMILES string of the molecule is CC/C=C\C/C=C\C/C=C\C/C=C\C/C=C\C/C=C\C/C=C\C/C=C\C/C=C\C/C=C\CCCCCCC(=O)NC(COP(=O)([O-])OCC[N+](C)(C)C)C(O)/C=C/CC/C=C/CCC. The van der Waals surface area contributed by atoms with Crippen LogP contribution in [0.3, 0.4) is 0 Å². The van der Waals surface area contributed by atoms with Crippen molar-refractivity contribution in [3.05, 3.63) is 146 Å². The molecule has 0 fully saturated rings. The number of carbonyl (C=O) groups excluding carboxylic acids is 1. The molecule has 9 heteroatoms. The quantitative estimate of drug-likeness (QED) is 0.0274. The molecule has 0 aliphatic carbocycles. The fourth-order valence-electron chi connectivity index (χ4n) is 5.73. The lowest BCUT2D eigenvalue weighted by atomic mass is 10.1. The van der Waals surface area contributed by atoms with Gasteiger partial charge in [0.05, 0.1) is 39.9 Å². The number of unbranched alkanes of at least 4 members (excludes halogenated alkanes) is 6. The number of aliphatic hydroxyl groups is 1. The number of carbonyl (C=O) groups is 1. The monoisotopic (exact) mass is 905 g/mol. The predicted octanol–water partition coefficient (Wildman–Crippen LogP) is 13.6. The Morgan fingerprint density at radius 1 is 0.562 bits per heavy atom. The van der Waals surface area contributed by atoms with Gasteiger partial charge < -0.3 is 28.8 Å². The van der Waals surface area contributed by atoms with Gasteiger partial charge in [-0.3, -0.25) is 9.36 Å². The molecule has 1 amide bonds. The molecular formula is C55H89N2O6P. The number of amides is 1. The van der Waals surface area contributed by atoms with E-state index in [0.29, 0.717) is 23.9 Å². The highest BCUT2D eigenvalue weighted by atomic mass is 31.2. The van der Waals surface area contributed by atoms with Gasteiger partial charge in [-0.25, -0.2) is 0 Å². The summed E-state index contributed by atoms with van der Waals surface area (Å²) in [6.45, 7) is 4.33. The molecular weight excluding hydrogens is 816 g/mol. The van der Waals surface area contributed by atoms with Gasteiger partial charge in [-0.2, -0.15) is 0 Å². The summed E-state index contributed by atoms with van der Waals surface area (Å²) in [5, 5.41) is 13.6. The Morgan fingerprint density at radius 3 is 1.42 bits per heavy atom. The summed E-state index contributed by atoms with van der Waals surface area (Å²) in [6.07, 6.45) is 69.5. The van der Waals surface area contributed by atoms with Gasteiger partial charge in [-0.05, 0) is 103 Å². The zero-order valence-corrected chi connectivity index (χ0v) is 41.6. The Hall–Kier alpha value is -3.62. The van der Waals surface area contributed by atoms with Crippen LogP contribution in [0.2, 0.25) is 0 Å². The van der Waals surface area contributed by atoms with Crippen molar-refractivity contribution in [2.24, 2.45) is 0 Å². The fourth-order valence-corrected chi connectivity index (χ4v) is 6.45. The average Bonchev–Trinajstić information content (AvgIpc) is 3.25. The zero-order valence-electron chi connectivity index (χ0n) is 40.7. The molecule has 3 unspecified atom stereocenters. The summed E-state index contributed by atoms with van der Waals surface area (Å²) < 4.78 is 23.0. The van der Waals surface area contributed by atoms with E-state index in [9.17, 15) is 19.4 Å². The number of likely N-dealkylation sites (N-methyl/N-ethyl adjacent to an activating group) is 1. The molecule has 0 aromatic heterocycles. The van der Waals surface area contributed by atoms with Gasteiger partial charge in [0, 0.05) is 6.42 Å². The number of quaternary nitrogens is 1. The molecule has 0 aromatic rings. The number of nitrogens with one attached hydrogen (secondary N) is 1. The molecule has 8 nitrogen and oxygen atoms in total. The van der Waals surface area contributed by atoms with Crippen molar-refractivity contribution >= 4 is 13.7 Å². The number of hydrogen-bond acceptors (Lipinski definition) is 6. The Balaban J connectivity index is 4.18.